The van der Waals surface area contributed by atoms with Gasteiger partial charge < -0.3 is 0 Å². The first-order valence-electron chi connectivity index (χ1n) is 15.2. The van der Waals surface area contributed by atoms with Crippen molar-refractivity contribution in [3.63, 3.8) is 0 Å². The first kappa shape index (κ1) is 27.2. The fourth-order valence-corrected chi connectivity index (χ4v) is 7.84. The predicted molar refractivity (Wildman–Crippen MR) is 141 cm³/mol. The molecule has 0 heterocycles. The van der Waals surface area contributed by atoms with E-state index in [4.69, 9.17) is 0 Å². The Balaban J connectivity index is 2.24. The zero-order chi connectivity index (χ0) is 22.3. The molecule has 0 aromatic carbocycles. The molecule has 5 atom stereocenters. The Labute approximate surface area is 198 Å². The van der Waals surface area contributed by atoms with Gasteiger partial charge in [0, 0.05) is 0 Å². The molecule has 0 nitrogen and oxygen atoms in total. The van der Waals surface area contributed by atoms with Crippen LogP contribution in [0.2, 0.25) is 0 Å². The average molecular weight is 433 g/mol. The molecule has 0 bridgehead atoms. The average Bonchev–Trinajstić information content (AvgIpc) is 3.16. The molecule has 0 amide bonds. The van der Waals surface area contributed by atoms with Gasteiger partial charge in [0.15, 0.2) is 0 Å². The number of hydrogen-bond donors (Lipinski definition) is 0. The molecule has 0 aromatic heterocycles. The van der Waals surface area contributed by atoms with E-state index in [1.165, 1.54) is 109 Å². The van der Waals surface area contributed by atoms with Gasteiger partial charge in [-0.1, -0.05) is 150 Å². The van der Waals surface area contributed by atoms with Crippen LogP contribution in [-0.2, 0) is 0 Å². The molecule has 2 saturated carbocycles. The molecule has 2 fully saturated rings. The van der Waals surface area contributed by atoms with Gasteiger partial charge in [-0.05, 0) is 48.3 Å². The van der Waals surface area contributed by atoms with Crippen LogP contribution in [-0.4, -0.2) is 0 Å². The van der Waals surface area contributed by atoms with Gasteiger partial charge in [0.2, 0.25) is 0 Å². The predicted octanol–water partition coefficient (Wildman–Crippen LogP) is 11.0. The Hall–Kier alpha value is 0. The Kier molecular flexibility index (Phi) is 14.6. The van der Waals surface area contributed by atoms with E-state index in [1.807, 2.05) is 0 Å². The summed E-state index contributed by atoms with van der Waals surface area (Å²) in [4.78, 5) is 0. The molecular weight excluding hydrogens is 372 g/mol. The highest BCUT2D eigenvalue weighted by atomic mass is 14.4. The standard InChI is InChI=1S/C31H60/c1-5-8-15-24-31(30(20-7-3)28-25-18-21-26(28)4)29(19-6-2)27-22-16-13-11-9-10-12-14-17-23-27/h26-31H,5-25H2,1-4H3/t26?,28-,29?,30?,31?/m0/s1. The molecule has 0 spiro atoms. The lowest BCUT2D eigenvalue weighted by Crippen LogP contribution is -2.34. The van der Waals surface area contributed by atoms with Gasteiger partial charge in [-0.15, -0.1) is 0 Å². The first-order chi connectivity index (χ1) is 15.2. The molecule has 2 rings (SSSR count). The van der Waals surface area contributed by atoms with E-state index in [0.717, 1.165) is 35.5 Å². The molecule has 2 aliphatic rings. The van der Waals surface area contributed by atoms with E-state index >= 15 is 0 Å². The van der Waals surface area contributed by atoms with Crippen molar-refractivity contribution < 1.29 is 0 Å². The second-order valence-electron chi connectivity index (χ2n) is 11.8. The summed E-state index contributed by atoms with van der Waals surface area (Å²) in [7, 11) is 0. The van der Waals surface area contributed by atoms with E-state index in [9.17, 15) is 0 Å². The summed E-state index contributed by atoms with van der Waals surface area (Å²) in [5, 5.41) is 0. The quantitative estimate of drug-likeness (QED) is 0.269. The van der Waals surface area contributed by atoms with Crippen LogP contribution >= 0.6 is 0 Å². The lowest BCUT2D eigenvalue weighted by atomic mass is 9.63. The minimum atomic E-state index is 0.986. The Bertz CT molecular complexity index is 400. The lowest BCUT2D eigenvalue weighted by molar-refractivity contribution is 0.0691. The van der Waals surface area contributed by atoms with Gasteiger partial charge in [0.1, 0.15) is 0 Å². The van der Waals surface area contributed by atoms with Crippen molar-refractivity contribution in [1.82, 2.24) is 0 Å². The van der Waals surface area contributed by atoms with Crippen molar-refractivity contribution in [3.8, 4) is 0 Å². The second kappa shape index (κ2) is 16.6. The molecule has 4 unspecified atom stereocenters. The molecular formula is C31H60. The minimum absolute atomic E-state index is 0.986. The molecule has 0 aliphatic heterocycles. The fraction of sp³-hybridized carbons (Fsp3) is 1.00. The molecule has 0 aromatic rings. The zero-order valence-corrected chi connectivity index (χ0v) is 22.3. The van der Waals surface area contributed by atoms with E-state index in [2.05, 4.69) is 27.7 Å². The van der Waals surface area contributed by atoms with Gasteiger partial charge in [-0.25, -0.2) is 0 Å². The van der Waals surface area contributed by atoms with E-state index in [1.54, 1.807) is 25.7 Å². The van der Waals surface area contributed by atoms with Crippen LogP contribution in [0.25, 0.3) is 0 Å². The lowest BCUT2D eigenvalue weighted by Gasteiger charge is -2.42. The van der Waals surface area contributed by atoms with Crippen molar-refractivity contribution in [2.24, 2.45) is 35.5 Å². The zero-order valence-electron chi connectivity index (χ0n) is 22.3. The first-order valence-corrected chi connectivity index (χ1v) is 15.2. The van der Waals surface area contributed by atoms with Crippen molar-refractivity contribution in [2.45, 2.75) is 163 Å². The Morgan fingerprint density at radius 3 is 1.65 bits per heavy atom. The maximum atomic E-state index is 2.60. The van der Waals surface area contributed by atoms with Crippen LogP contribution in [0, 0.1) is 35.5 Å². The number of rotatable bonds is 12. The molecule has 31 heavy (non-hydrogen) atoms. The normalized spacial score (nSPS) is 27.5. The van der Waals surface area contributed by atoms with Crippen LogP contribution < -0.4 is 0 Å². The Morgan fingerprint density at radius 2 is 1.13 bits per heavy atom. The maximum absolute atomic E-state index is 2.60. The van der Waals surface area contributed by atoms with Crippen LogP contribution in [0.3, 0.4) is 0 Å². The SMILES string of the molecule is CCCCCC(C(CCC)C1CCCCCCCCCC1)C(CCC)[C@H]1CCCC1C. The molecule has 0 N–H and O–H groups in total. The number of unbranched alkanes of at least 4 members (excludes halogenated alkanes) is 2. The van der Waals surface area contributed by atoms with Crippen molar-refractivity contribution in [3.05, 3.63) is 0 Å². The molecule has 184 valence electrons. The molecule has 0 heteroatoms. The third-order valence-electron chi connectivity index (χ3n) is 9.47. The fourth-order valence-electron chi connectivity index (χ4n) is 7.84. The van der Waals surface area contributed by atoms with Crippen LogP contribution in [0.1, 0.15) is 163 Å². The van der Waals surface area contributed by atoms with Crippen molar-refractivity contribution in [1.29, 1.82) is 0 Å². The summed E-state index contributed by atoms with van der Waals surface area (Å²) in [5.74, 6) is 6.11. The third-order valence-corrected chi connectivity index (χ3v) is 9.47. The van der Waals surface area contributed by atoms with Crippen molar-refractivity contribution >= 4 is 0 Å². The molecule has 2 aliphatic carbocycles. The van der Waals surface area contributed by atoms with Gasteiger partial charge >= 0.3 is 0 Å². The topological polar surface area (TPSA) is 0 Å². The summed E-state index contributed by atoms with van der Waals surface area (Å²) in [5.41, 5.74) is 0. The number of hydrogen-bond acceptors (Lipinski definition) is 0. The second-order valence-corrected chi connectivity index (χ2v) is 11.8. The monoisotopic (exact) mass is 432 g/mol. The van der Waals surface area contributed by atoms with Gasteiger partial charge in [0.05, 0.1) is 0 Å². The summed E-state index contributed by atoms with van der Waals surface area (Å²) < 4.78 is 0. The van der Waals surface area contributed by atoms with Gasteiger partial charge in [-0.2, -0.15) is 0 Å². The maximum Gasteiger partial charge on any atom is -0.0352 e. The highest BCUT2D eigenvalue weighted by molar-refractivity contribution is 4.89. The van der Waals surface area contributed by atoms with E-state index in [0.29, 0.717) is 0 Å². The van der Waals surface area contributed by atoms with Crippen molar-refractivity contribution in [2.75, 3.05) is 0 Å². The Morgan fingerprint density at radius 1 is 0.548 bits per heavy atom. The summed E-state index contributed by atoms with van der Waals surface area (Å²) in [6.07, 6.45) is 31.4. The smallest absolute Gasteiger partial charge is 0.0352 e. The largest absolute Gasteiger partial charge is 0.0654 e. The highest BCUT2D eigenvalue weighted by Gasteiger charge is 2.39. The van der Waals surface area contributed by atoms with Gasteiger partial charge in [-0.3, -0.25) is 0 Å². The third kappa shape index (κ3) is 9.41. The van der Waals surface area contributed by atoms with Crippen LogP contribution in [0.15, 0.2) is 0 Å². The van der Waals surface area contributed by atoms with Gasteiger partial charge in [0.25, 0.3) is 0 Å². The van der Waals surface area contributed by atoms with Crippen LogP contribution in [0.4, 0.5) is 0 Å². The highest BCUT2D eigenvalue weighted by Crippen LogP contribution is 2.49. The van der Waals surface area contributed by atoms with E-state index < -0.39 is 0 Å². The summed E-state index contributed by atoms with van der Waals surface area (Å²) >= 11 is 0. The molecule has 0 radical (unpaired) electrons. The minimum Gasteiger partial charge on any atom is -0.0654 e. The summed E-state index contributed by atoms with van der Waals surface area (Å²) in [6, 6.07) is 0. The summed E-state index contributed by atoms with van der Waals surface area (Å²) in [6.45, 7) is 9.95. The molecule has 0 saturated heterocycles. The van der Waals surface area contributed by atoms with E-state index in [-0.39, 0.29) is 0 Å². The van der Waals surface area contributed by atoms with Crippen LogP contribution in [0.5, 0.6) is 0 Å².